The van der Waals surface area contributed by atoms with Crippen molar-refractivity contribution in [1.29, 1.82) is 0 Å². The van der Waals surface area contributed by atoms with Crippen LogP contribution in [0.3, 0.4) is 0 Å². The van der Waals surface area contributed by atoms with Crippen molar-refractivity contribution < 1.29 is 19.0 Å². The van der Waals surface area contributed by atoms with E-state index in [9.17, 15) is 4.79 Å². The first kappa shape index (κ1) is 25.8. The van der Waals surface area contributed by atoms with Crippen molar-refractivity contribution >= 4 is 5.97 Å². The monoisotopic (exact) mass is 486 g/mol. The molecule has 0 unspecified atom stereocenters. The first-order valence-corrected chi connectivity index (χ1v) is 12.9. The Hall–Kier alpha value is -3.24. The van der Waals surface area contributed by atoms with E-state index in [1.54, 1.807) is 19.1 Å². The molecule has 3 aromatic rings. The van der Waals surface area contributed by atoms with Gasteiger partial charge in [0.2, 0.25) is 0 Å². The number of hydrogen-bond acceptors (Lipinski definition) is 3. The first-order chi connectivity index (χ1) is 17.5. The summed E-state index contributed by atoms with van der Waals surface area (Å²) in [6, 6.07) is 21.7. The summed E-state index contributed by atoms with van der Waals surface area (Å²) in [5.41, 5.74) is 6.28. The highest BCUT2D eigenvalue weighted by Gasteiger charge is 2.24. The zero-order valence-corrected chi connectivity index (χ0v) is 21.2. The van der Waals surface area contributed by atoms with Crippen LogP contribution in [-0.4, -0.2) is 17.7 Å². The second-order valence-electron chi connectivity index (χ2n) is 9.79. The summed E-state index contributed by atoms with van der Waals surface area (Å²) in [6.07, 6.45) is 6.70. The Morgan fingerprint density at radius 1 is 0.944 bits per heavy atom. The Morgan fingerprint density at radius 2 is 1.58 bits per heavy atom. The molecule has 1 fully saturated rings. The fraction of sp³-hybridized carbons (Fsp3) is 0.344. The molecule has 0 aromatic heterocycles. The molecule has 4 rings (SSSR count). The molecule has 0 atom stereocenters. The lowest BCUT2D eigenvalue weighted by atomic mass is 9.77. The van der Waals surface area contributed by atoms with Crippen LogP contribution in [0.4, 0.5) is 4.39 Å². The highest BCUT2D eigenvalue weighted by Crippen LogP contribution is 2.39. The van der Waals surface area contributed by atoms with Crippen LogP contribution in [0, 0.1) is 11.7 Å². The quantitative estimate of drug-likeness (QED) is 0.261. The summed E-state index contributed by atoms with van der Waals surface area (Å²) in [5, 5.41) is 9.16. The van der Waals surface area contributed by atoms with Gasteiger partial charge in [-0.3, -0.25) is 0 Å². The largest absolute Gasteiger partial charge is 0.457 e. The predicted molar refractivity (Wildman–Crippen MR) is 143 cm³/mol. The number of allylic oxidation sites excluding steroid dienone is 1. The number of esters is 1. The smallest absolute Gasteiger partial charge is 0.333 e. The number of aliphatic hydroxyl groups excluding tert-OH is 1. The van der Waals surface area contributed by atoms with E-state index in [4.69, 9.17) is 9.84 Å². The molecule has 1 saturated carbocycles. The standard InChI is InChI=1S/C32H35FO3/c1-3-22(2)32(35)36-21-24-5-4-6-28(19-24)25-11-13-26(14-12-25)29-15-16-30(31(33)20-29)27-9-7-23(8-10-27)17-18-34/h3-6,11-16,19-20,23,27,34H,7-10,17-18,21H2,1-2H3/b22-3+. The number of hydrogen-bond donors (Lipinski definition) is 1. The van der Waals surface area contributed by atoms with Crippen LogP contribution in [0.1, 0.15) is 63.0 Å². The van der Waals surface area contributed by atoms with Gasteiger partial charge in [-0.05, 0) is 103 Å². The van der Waals surface area contributed by atoms with Crippen LogP contribution in [0.2, 0.25) is 0 Å². The van der Waals surface area contributed by atoms with E-state index in [2.05, 4.69) is 0 Å². The van der Waals surface area contributed by atoms with Gasteiger partial charge in [-0.1, -0.05) is 60.7 Å². The maximum absolute atomic E-state index is 15.1. The molecule has 0 amide bonds. The van der Waals surface area contributed by atoms with Crippen LogP contribution in [0.5, 0.6) is 0 Å². The summed E-state index contributed by atoms with van der Waals surface area (Å²) in [4.78, 5) is 11.9. The molecule has 1 aliphatic rings. The summed E-state index contributed by atoms with van der Waals surface area (Å²) < 4.78 is 20.5. The molecule has 1 aliphatic carbocycles. The topological polar surface area (TPSA) is 46.5 Å². The Labute approximate surface area is 213 Å². The van der Waals surface area contributed by atoms with Gasteiger partial charge in [0.1, 0.15) is 12.4 Å². The molecule has 0 spiro atoms. The van der Waals surface area contributed by atoms with Gasteiger partial charge < -0.3 is 9.84 Å². The maximum Gasteiger partial charge on any atom is 0.333 e. The van der Waals surface area contributed by atoms with Crippen LogP contribution < -0.4 is 0 Å². The minimum Gasteiger partial charge on any atom is -0.457 e. The van der Waals surface area contributed by atoms with Crippen molar-refractivity contribution in [3.8, 4) is 22.3 Å². The fourth-order valence-electron chi connectivity index (χ4n) is 5.06. The lowest BCUT2D eigenvalue weighted by molar-refractivity contribution is -0.140. The van der Waals surface area contributed by atoms with E-state index in [1.165, 1.54) is 0 Å². The lowest BCUT2D eigenvalue weighted by Gasteiger charge is -2.28. The highest BCUT2D eigenvalue weighted by atomic mass is 19.1. The number of carbonyl (C=O) groups is 1. The zero-order valence-electron chi connectivity index (χ0n) is 21.2. The Morgan fingerprint density at radius 3 is 2.19 bits per heavy atom. The fourth-order valence-corrected chi connectivity index (χ4v) is 5.06. The van der Waals surface area contributed by atoms with Gasteiger partial charge in [0.25, 0.3) is 0 Å². The SMILES string of the molecule is C/C=C(\C)C(=O)OCc1cccc(-c2ccc(-c3ccc(C4CCC(CCO)CC4)c(F)c3)cc2)c1. The van der Waals surface area contributed by atoms with Gasteiger partial charge in [-0.25, -0.2) is 9.18 Å². The predicted octanol–water partition coefficient (Wildman–Crippen LogP) is 7.83. The molecule has 188 valence electrons. The van der Waals surface area contributed by atoms with Gasteiger partial charge in [0.05, 0.1) is 0 Å². The molecule has 3 nitrogen and oxygen atoms in total. The van der Waals surface area contributed by atoms with Crippen molar-refractivity contribution in [2.45, 2.75) is 58.5 Å². The van der Waals surface area contributed by atoms with Gasteiger partial charge in [0, 0.05) is 12.2 Å². The van der Waals surface area contributed by atoms with Crippen molar-refractivity contribution in [2.75, 3.05) is 6.61 Å². The molecule has 0 bridgehead atoms. The van der Waals surface area contributed by atoms with Gasteiger partial charge in [-0.15, -0.1) is 0 Å². The third-order valence-corrected chi connectivity index (χ3v) is 7.43. The molecule has 0 saturated heterocycles. The van der Waals surface area contributed by atoms with E-state index in [-0.39, 0.29) is 30.9 Å². The molecule has 0 aliphatic heterocycles. The first-order valence-electron chi connectivity index (χ1n) is 12.9. The molecule has 4 heteroatoms. The van der Waals surface area contributed by atoms with Gasteiger partial charge >= 0.3 is 5.97 Å². The van der Waals surface area contributed by atoms with E-state index in [1.807, 2.05) is 67.6 Å². The van der Waals surface area contributed by atoms with Crippen LogP contribution in [-0.2, 0) is 16.1 Å². The van der Waals surface area contributed by atoms with Gasteiger partial charge in [-0.2, -0.15) is 0 Å². The van der Waals surface area contributed by atoms with Gasteiger partial charge in [0.15, 0.2) is 0 Å². The van der Waals surface area contributed by atoms with E-state index in [0.717, 1.165) is 65.5 Å². The van der Waals surface area contributed by atoms with Crippen molar-refractivity contribution in [1.82, 2.24) is 0 Å². The number of ether oxygens (including phenoxy) is 1. The molecule has 0 radical (unpaired) electrons. The number of rotatable bonds is 8. The number of aliphatic hydroxyl groups is 1. The van der Waals surface area contributed by atoms with Crippen LogP contribution in [0.15, 0.2) is 78.4 Å². The molecule has 0 heterocycles. The van der Waals surface area contributed by atoms with Crippen LogP contribution >= 0.6 is 0 Å². The summed E-state index contributed by atoms with van der Waals surface area (Å²) in [6.45, 7) is 4.03. The Bertz CT molecular complexity index is 1200. The molecular weight excluding hydrogens is 451 g/mol. The van der Waals surface area contributed by atoms with Crippen molar-refractivity contribution in [2.24, 2.45) is 5.92 Å². The normalized spacial score (nSPS) is 18.2. The van der Waals surface area contributed by atoms with E-state index >= 15 is 4.39 Å². The third kappa shape index (κ3) is 6.30. The maximum atomic E-state index is 15.1. The average molecular weight is 487 g/mol. The summed E-state index contributed by atoms with van der Waals surface area (Å²) in [7, 11) is 0. The minimum atomic E-state index is -0.306. The average Bonchev–Trinajstić information content (AvgIpc) is 2.92. The Balaban J connectivity index is 1.43. The second kappa shape index (κ2) is 12.1. The minimum absolute atomic E-state index is 0.127. The molecule has 1 N–H and O–H groups in total. The molecule has 36 heavy (non-hydrogen) atoms. The zero-order chi connectivity index (χ0) is 25.5. The summed E-state index contributed by atoms with van der Waals surface area (Å²) in [5.74, 6) is 0.410. The Kier molecular flexibility index (Phi) is 8.71. The highest BCUT2D eigenvalue weighted by molar-refractivity contribution is 5.87. The number of halogens is 1. The van der Waals surface area contributed by atoms with Crippen molar-refractivity contribution in [3.63, 3.8) is 0 Å². The van der Waals surface area contributed by atoms with E-state index < -0.39 is 0 Å². The molecular formula is C32H35FO3. The van der Waals surface area contributed by atoms with Crippen molar-refractivity contribution in [3.05, 3.63) is 95.3 Å². The van der Waals surface area contributed by atoms with E-state index in [0.29, 0.717) is 11.5 Å². The number of benzene rings is 3. The third-order valence-electron chi connectivity index (χ3n) is 7.43. The lowest BCUT2D eigenvalue weighted by Crippen LogP contribution is -2.15. The second-order valence-corrected chi connectivity index (χ2v) is 9.79. The summed E-state index contributed by atoms with van der Waals surface area (Å²) >= 11 is 0. The molecule has 3 aromatic carbocycles. The number of carbonyl (C=O) groups excluding carboxylic acids is 1. The van der Waals surface area contributed by atoms with Crippen LogP contribution in [0.25, 0.3) is 22.3 Å².